The van der Waals surface area contributed by atoms with E-state index in [0.29, 0.717) is 32.7 Å². The Morgan fingerprint density at radius 1 is 1.13 bits per heavy atom. The quantitative estimate of drug-likeness (QED) is 0.262. The summed E-state index contributed by atoms with van der Waals surface area (Å²) in [6.45, 7) is -0.0236. The van der Waals surface area contributed by atoms with E-state index in [-0.39, 0.29) is 43.8 Å². The van der Waals surface area contributed by atoms with Gasteiger partial charge in [0.1, 0.15) is 36.3 Å². The van der Waals surface area contributed by atoms with Gasteiger partial charge in [0.05, 0.1) is 29.5 Å². The second-order valence-electron chi connectivity index (χ2n) is 8.09. The van der Waals surface area contributed by atoms with Crippen molar-refractivity contribution in [3.8, 4) is 17.2 Å². The number of hydrogen-bond donors (Lipinski definition) is 3. The standard InChI is InChI=1S/C26H24F3N3O5S/c1-35-21-6-5-15(9-20(21)26(27,28)29)12-36-17-3-2-4-18(10-17)37-13-16-14-38-23-19(25(34)31-7-8-33)11-32-24(30)22(16)23/h2-6,9-11,14,33H,7-8,12-13H2,1H3,(H2,30,32)(H,31,34). The van der Waals surface area contributed by atoms with Gasteiger partial charge in [-0.05, 0) is 35.2 Å². The van der Waals surface area contributed by atoms with Crippen LogP contribution in [0.3, 0.4) is 0 Å². The molecule has 0 bridgehead atoms. The Labute approximate surface area is 219 Å². The van der Waals surface area contributed by atoms with Crippen LogP contribution in [0.1, 0.15) is 27.0 Å². The predicted octanol–water partition coefficient (Wildman–Crippen LogP) is 4.79. The molecule has 8 nitrogen and oxygen atoms in total. The number of ether oxygens (including phenoxy) is 3. The zero-order chi connectivity index (χ0) is 27.3. The van der Waals surface area contributed by atoms with E-state index >= 15 is 0 Å². The smallest absolute Gasteiger partial charge is 0.419 e. The molecule has 0 aliphatic carbocycles. The fraction of sp³-hybridized carbons (Fsp3) is 0.231. The van der Waals surface area contributed by atoms with Crippen LogP contribution in [0, 0.1) is 0 Å². The first-order chi connectivity index (χ1) is 18.2. The number of nitrogens with zero attached hydrogens (tertiary/aromatic N) is 1. The molecule has 4 aromatic rings. The van der Waals surface area contributed by atoms with Crippen molar-refractivity contribution in [1.29, 1.82) is 0 Å². The first kappa shape index (κ1) is 27.0. The van der Waals surface area contributed by atoms with E-state index in [1.54, 1.807) is 24.3 Å². The number of nitrogens with one attached hydrogen (secondary N) is 1. The van der Waals surface area contributed by atoms with Crippen LogP contribution in [0.4, 0.5) is 19.0 Å². The maximum absolute atomic E-state index is 13.3. The second-order valence-corrected chi connectivity index (χ2v) is 8.97. The van der Waals surface area contributed by atoms with Crippen LogP contribution < -0.4 is 25.3 Å². The van der Waals surface area contributed by atoms with Crippen LogP contribution in [-0.2, 0) is 19.4 Å². The highest BCUT2D eigenvalue weighted by atomic mass is 32.1. The van der Waals surface area contributed by atoms with Gasteiger partial charge in [0.25, 0.3) is 5.91 Å². The number of halogens is 3. The molecule has 0 saturated carbocycles. The number of hydrogen-bond acceptors (Lipinski definition) is 8. The van der Waals surface area contributed by atoms with Gasteiger partial charge in [-0.25, -0.2) is 4.98 Å². The van der Waals surface area contributed by atoms with Crippen LogP contribution in [0.15, 0.2) is 54.0 Å². The van der Waals surface area contributed by atoms with Gasteiger partial charge in [-0.1, -0.05) is 12.1 Å². The molecule has 4 rings (SSSR count). The number of rotatable bonds is 10. The number of methoxy groups -OCH3 is 1. The van der Waals surface area contributed by atoms with E-state index in [9.17, 15) is 18.0 Å². The summed E-state index contributed by atoms with van der Waals surface area (Å²) in [6.07, 6.45) is -3.16. The number of aliphatic hydroxyl groups excluding tert-OH is 1. The summed E-state index contributed by atoms with van der Waals surface area (Å²) in [5, 5.41) is 14.0. The third-order valence-corrected chi connectivity index (χ3v) is 6.58. The van der Waals surface area contributed by atoms with Gasteiger partial charge >= 0.3 is 6.18 Å². The van der Waals surface area contributed by atoms with Crippen molar-refractivity contribution in [2.45, 2.75) is 19.4 Å². The monoisotopic (exact) mass is 547 g/mol. The van der Waals surface area contributed by atoms with E-state index in [4.69, 9.17) is 25.1 Å². The summed E-state index contributed by atoms with van der Waals surface area (Å²) in [4.78, 5) is 16.5. The molecule has 0 atom stereocenters. The highest BCUT2D eigenvalue weighted by Crippen LogP contribution is 2.37. The number of anilines is 1. The summed E-state index contributed by atoms with van der Waals surface area (Å²) in [6, 6.07) is 10.5. The highest BCUT2D eigenvalue weighted by molar-refractivity contribution is 7.17. The minimum Gasteiger partial charge on any atom is -0.496 e. The number of aromatic nitrogens is 1. The number of benzene rings is 2. The molecule has 1 amide bonds. The third-order valence-electron chi connectivity index (χ3n) is 5.52. The number of pyridine rings is 1. The average molecular weight is 548 g/mol. The Morgan fingerprint density at radius 3 is 2.55 bits per heavy atom. The molecule has 38 heavy (non-hydrogen) atoms. The van der Waals surface area contributed by atoms with Gasteiger partial charge in [-0.3, -0.25) is 4.79 Å². The molecular weight excluding hydrogens is 523 g/mol. The zero-order valence-electron chi connectivity index (χ0n) is 20.2. The molecule has 0 spiro atoms. The van der Waals surface area contributed by atoms with Crippen molar-refractivity contribution in [2.24, 2.45) is 0 Å². The zero-order valence-corrected chi connectivity index (χ0v) is 21.0. The molecule has 0 radical (unpaired) electrons. The SMILES string of the molecule is COc1ccc(COc2cccc(OCc3csc4c(C(=O)NCCO)cnc(N)c34)c2)cc1C(F)(F)F. The lowest BCUT2D eigenvalue weighted by atomic mass is 10.1. The Bertz CT molecular complexity index is 1440. The molecule has 2 heterocycles. The molecule has 200 valence electrons. The van der Waals surface area contributed by atoms with Crippen LogP contribution in [0.25, 0.3) is 10.1 Å². The minimum atomic E-state index is -4.55. The summed E-state index contributed by atoms with van der Waals surface area (Å²) < 4.78 is 56.9. The number of nitrogen functional groups attached to an aromatic ring is 1. The fourth-order valence-corrected chi connectivity index (χ4v) is 4.78. The van der Waals surface area contributed by atoms with Crippen molar-refractivity contribution in [3.63, 3.8) is 0 Å². The Morgan fingerprint density at radius 2 is 1.87 bits per heavy atom. The summed E-state index contributed by atoms with van der Waals surface area (Å²) in [7, 11) is 1.19. The van der Waals surface area contributed by atoms with E-state index in [2.05, 4.69) is 10.3 Å². The number of aliphatic hydroxyl groups is 1. The van der Waals surface area contributed by atoms with Gasteiger partial charge < -0.3 is 30.4 Å². The van der Waals surface area contributed by atoms with Crippen LogP contribution in [0.5, 0.6) is 17.2 Å². The molecular formula is C26H24F3N3O5S. The Hall–Kier alpha value is -4.03. The largest absolute Gasteiger partial charge is 0.496 e. The predicted molar refractivity (Wildman–Crippen MR) is 137 cm³/mol. The molecule has 2 aromatic heterocycles. The maximum Gasteiger partial charge on any atom is 0.419 e. The summed E-state index contributed by atoms with van der Waals surface area (Å²) in [5.41, 5.74) is 6.62. The molecule has 0 aliphatic heterocycles. The van der Waals surface area contributed by atoms with Gasteiger partial charge in [-0.15, -0.1) is 11.3 Å². The topological polar surface area (TPSA) is 116 Å². The van der Waals surface area contributed by atoms with Gasteiger partial charge in [-0.2, -0.15) is 13.2 Å². The number of thiophene rings is 1. The Balaban J connectivity index is 1.45. The fourth-order valence-electron chi connectivity index (χ4n) is 3.71. The maximum atomic E-state index is 13.3. The summed E-state index contributed by atoms with van der Waals surface area (Å²) >= 11 is 1.33. The first-order valence-corrected chi connectivity index (χ1v) is 12.2. The van der Waals surface area contributed by atoms with Crippen molar-refractivity contribution in [3.05, 3.63) is 76.3 Å². The van der Waals surface area contributed by atoms with Crippen LogP contribution in [0.2, 0.25) is 0 Å². The lowest BCUT2D eigenvalue weighted by molar-refractivity contribution is -0.138. The van der Waals surface area contributed by atoms with Crippen molar-refractivity contribution < 1.29 is 37.3 Å². The third kappa shape index (κ3) is 6.09. The van der Waals surface area contributed by atoms with Crippen LogP contribution >= 0.6 is 11.3 Å². The Kier molecular flexibility index (Phi) is 8.23. The minimum absolute atomic E-state index is 0.0883. The van der Waals surface area contributed by atoms with E-state index in [1.165, 1.54) is 36.8 Å². The number of carbonyl (C=O) groups is 1. The lowest BCUT2D eigenvalue weighted by Gasteiger charge is -2.14. The van der Waals surface area contributed by atoms with E-state index < -0.39 is 11.7 Å². The van der Waals surface area contributed by atoms with Gasteiger partial charge in [0, 0.05) is 29.8 Å². The normalized spacial score (nSPS) is 11.4. The van der Waals surface area contributed by atoms with E-state index in [1.807, 2.05) is 5.38 Å². The summed E-state index contributed by atoms with van der Waals surface area (Å²) in [5.74, 6) is 0.511. The first-order valence-electron chi connectivity index (χ1n) is 11.3. The van der Waals surface area contributed by atoms with Gasteiger partial charge in [0.15, 0.2) is 0 Å². The number of nitrogens with two attached hydrogens (primary N) is 1. The molecule has 0 saturated heterocycles. The number of amides is 1. The molecule has 0 aliphatic rings. The molecule has 0 fully saturated rings. The highest BCUT2D eigenvalue weighted by Gasteiger charge is 2.34. The van der Waals surface area contributed by atoms with Crippen molar-refractivity contribution in [2.75, 3.05) is 26.0 Å². The van der Waals surface area contributed by atoms with Crippen LogP contribution in [-0.4, -0.2) is 36.3 Å². The van der Waals surface area contributed by atoms with Crippen molar-refractivity contribution in [1.82, 2.24) is 10.3 Å². The number of alkyl halides is 3. The number of fused-ring (bicyclic) bond motifs is 1. The molecule has 12 heteroatoms. The van der Waals surface area contributed by atoms with E-state index in [0.717, 1.165) is 11.6 Å². The lowest BCUT2D eigenvalue weighted by Crippen LogP contribution is -2.26. The average Bonchev–Trinajstić information content (AvgIpc) is 3.34. The number of carbonyl (C=O) groups excluding carboxylic acids is 1. The van der Waals surface area contributed by atoms with Gasteiger partial charge in [0.2, 0.25) is 0 Å². The van der Waals surface area contributed by atoms with Crippen molar-refractivity contribution >= 4 is 33.1 Å². The second kappa shape index (κ2) is 11.6. The molecule has 2 aromatic carbocycles. The molecule has 4 N–H and O–H groups in total. The molecule has 0 unspecified atom stereocenters.